The summed E-state index contributed by atoms with van der Waals surface area (Å²) in [6.45, 7) is 1.08. The number of nitrogens with zero attached hydrogens (tertiary/aromatic N) is 2. The Kier molecular flexibility index (Phi) is 7.70. The second-order valence-corrected chi connectivity index (χ2v) is 8.24. The average molecular weight is 551 g/mol. The molecule has 0 spiro atoms. The van der Waals surface area contributed by atoms with E-state index in [1.165, 1.54) is 25.1 Å². The van der Waals surface area contributed by atoms with Gasteiger partial charge in [0.2, 0.25) is 0 Å². The Morgan fingerprint density at radius 1 is 1.08 bits per heavy atom. The number of ether oxygens (including phenoxy) is 2. The molecule has 14 heteroatoms. The van der Waals surface area contributed by atoms with E-state index in [-0.39, 0.29) is 43.4 Å². The predicted molar refractivity (Wildman–Crippen MR) is 121 cm³/mol. The van der Waals surface area contributed by atoms with E-state index in [0.29, 0.717) is 5.56 Å². The van der Waals surface area contributed by atoms with Crippen LogP contribution in [0.1, 0.15) is 18.2 Å². The van der Waals surface area contributed by atoms with Crippen LogP contribution in [0.2, 0.25) is 10.0 Å². The minimum Gasteiger partial charge on any atom is -0.487 e. The Hall–Kier alpha value is -3.51. The second kappa shape index (κ2) is 10.2. The molecular formula is C22H16Cl2F4N2O6. The van der Waals surface area contributed by atoms with Crippen LogP contribution in [-0.4, -0.2) is 26.3 Å². The van der Waals surface area contributed by atoms with Crippen molar-refractivity contribution in [2.75, 3.05) is 0 Å². The number of halogens is 6. The number of benzene rings is 2. The molecule has 2 aromatic carbocycles. The van der Waals surface area contributed by atoms with Gasteiger partial charge in [-0.15, -0.1) is 0 Å². The maximum atomic E-state index is 14.6. The van der Waals surface area contributed by atoms with Crippen LogP contribution < -0.4 is 20.7 Å². The summed E-state index contributed by atoms with van der Waals surface area (Å²) in [5, 5.41) is 8.88. The number of carboxylic acids is 1. The molecule has 1 atom stereocenters. The standard InChI is InChI=1S/C22H16Cl2F4N2O6/c1-10(20(32)33)36-17-5-11(3-4-12(17)23)9-35-16-7-15(14(25)6-13(16)24)30-19(31)8-18(22(26,27)28)29(2)21(30)34/h3-8,10H,9H2,1-2H3,(H,32,33). The van der Waals surface area contributed by atoms with Crippen molar-refractivity contribution >= 4 is 29.2 Å². The summed E-state index contributed by atoms with van der Waals surface area (Å²) in [5.41, 5.74) is -4.60. The van der Waals surface area contributed by atoms with Gasteiger partial charge in [0.05, 0.1) is 15.7 Å². The van der Waals surface area contributed by atoms with Gasteiger partial charge >= 0.3 is 17.8 Å². The molecule has 0 aliphatic rings. The molecule has 0 aliphatic carbocycles. The molecule has 0 radical (unpaired) electrons. The third kappa shape index (κ3) is 5.65. The van der Waals surface area contributed by atoms with Gasteiger partial charge in [0, 0.05) is 19.2 Å². The lowest BCUT2D eigenvalue weighted by molar-refractivity contribution is -0.144. The molecule has 192 valence electrons. The van der Waals surface area contributed by atoms with Crippen LogP contribution in [0.25, 0.3) is 5.69 Å². The summed E-state index contributed by atoms with van der Waals surface area (Å²) in [6, 6.07) is 6.15. The molecule has 0 bridgehead atoms. The van der Waals surface area contributed by atoms with Crippen LogP contribution >= 0.6 is 23.2 Å². The highest BCUT2D eigenvalue weighted by Crippen LogP contribution is 2.32. The number of alkyl halides is 3. The third-order valence-corrected chi connectivity index (χ3v) is 5.50. The summed E-state index contributed by atoms with van der Waals surface area (Å²) in [5.74, 6) is -2.52. The molecule has 0 saturated heterocycles. The van der Waals surface area contributed by atoms with Crippen molar-refractivity contribution in [3.63, 3.8) is 0 Å². The normalized spacial score (nSPS) is 12.3. The summed E-state index contributed by atoms with van der Waals surface area (Å²) < 4.78 is 65.1. The van der Waals surface area contributed by atoms with Crippen LogP contribution in [0.15, 0.2) is 46.0 Å². The molecular weight excluding hydrogens is 535 g/mol. The fourth-order valence-electron chi connectivity index (χ4n) is 3.05. The first-order chi connectivity index (χ1) is 16.7. The van der Waals surface area contributed by atoms with Gasteiger partial charge in [-0.25, -0.2) is 18.5 Å². The van der Waals surface area contributed by atoms with Gasteiger partial charge in [-0.05, 0) is 30.7 Å². The monoisotopic (exact) mass is 550 g/mol. The van der Waals surface area contributed by atoms with Crippen LogP contribution in [0.3, 0.4) is 0 Å². The minimum absolute atomic E-state index is 0.0540. The van der Waals surface area contributed by atoms with Crippen molar-refractivity contribution in [1.29, 1.82) is 0 Å². The van der Waals surface area contributed by atoms with Crippen molar-refractivity contribution in [2.24, 2.45) is 7.05 Å². The van der Waals surface area contributed by atoms with Crippen molar-refractivity contribution in [1.82, 2.24) is 9.13 Å². The maximum absolute atomic E-state index is 14.6. The third-order valence-electron chi connectivity index (χ3n) is 4.89. The lowest BCUT2D eigenvalue weighted by Crippen LogP contribution is -2.41. The van der Waals surface area contributed by atoms with Gasteiger partial charge in [0.1, 0.15) is 29.6 Å². The SMILES string of the molecule is CC(Oc1cc(COc2cc(-n3c(=O)cc(C(F)(F)F)n(C)c3=O)c(F)cc2Cl)ccc1Cl)C(=O)O. The van der Waals surface area contributed by atoms with Crippen molar-refractivity contribution < 1.29 is 36.9 Å². The molecule has 0 amide bonds. The van der Waals surface area contributed by atoms with Crippen LogP contribution in [0.4, 0.5) is 17.6 Å². The zero-order valence-corrected chi connectivity index (χ0v) is 19.9. The van der Waals surface area contributed by atoms with E-state index in [9.17, 15) is 31.9 Å². The topological polar surface area (TPSA) is 99.8 Å². The van der Waals surface area contributed by atoms with Gasteiger partial charge in [-0.3, -0.25) is 9.36 Å². The Morgan fingerprint density at radius 3 is 2.36 bits per heavy atom. The van der Waals surface area contributed by atoms with Crippen LogP contribution in [0, 0.1) is 5.82 Å². The Bertz CT molecular complexity index is 1450. The fraction of sp³-hybridized carbons (Fsp3) is 0.227. The van der Waals surface area contributed by atoms with E-state index < -0.39 is 46.7 Å². The number of hydrogen-bond acceptors (Lipinski definition) is 5. The van der Waals surface area contributed by atoms with Crippen molar-refractivity contribution in [3.8, 4) is 17.2 Å². The number of aromatic nitrogens is 2. The van der Waals surface area contributed by atoms with E-state index in [1.54, 1.807) is 0 Å². The predicted octanol–water partition coefficient (Wildman–Crippen LogP) is 4.43. The Balaban J connectivity index is 1.97. The van der Waals surface area contributed by atoms with E-state index in [4.69, 9.17) is 37.8 Å². The fourth-order valence-corrected chi connectivity index (χ4v) is 3.42. The lowest BCUT2D eigenvalue weighted by atomic mass is 10.2. The molecule has 36 heavy (non-hydrogen) atoms. The number of rotatable bonds is 7. The van der Waals surface area contributed by atoms with Crippen LogP contribution in [0.5, 0.6) is 11.5 Å². The molecule has 1 unspecified atom stereocenters. The highest BCUT2D eigenvalue weighted by Gasteiger charge is 2.35. The molecule has 0 saturated carbocycles. The first-order valence-electron chi connectivity index (χ1n) is 9.91. The zero-order chi connectivity index (χ0) is 26.9. The summed E-state index contributed by atoms with van der Waals surface area (Å²) in [6.07, 6.45) is -6.18. The molecule has 0 aliphatic heterocycles. The summed E-state index contributed by atoms with van der Waals surface area (Å²) >= 11 is 12.0. The van der Waals surface area contributed by atoms with E-state index in [0.717, 1.165) is 19.2 Å². The van der Waals surface area contributed by atoms with E-state index >= 15 is 0 Å². The largest absolute Gasteiger partial charge is 0.487 e. The smallest absolute Gasteiger partial charge is 0.431 e. The zero-order valence-electron chi connectivity index (χ0n) is 18.4. The maximum Gasteiger partial charge on any atom is 0.431 e. The van der Waals surface area contributed by atoms with E-state index in [1.807, 2.05) is 0 Å². The van der Waals surface area contributed by atoms with Gasteiger partial charge in [-0.1, -0.05) is 29.3 Å². The van der Waals surface area contributed by atoms with Crippen molar-refractivity contribution in [2.45, 2.75) is 25.8 Å². The lowest BCUT2D eigenvalue weighted by Gasteiger charge is -2.16. The van der Waals surface area contributed by atoms with Gasteiger partial charge in [-0.2, -0.15) is 13.2 Å². The summed E-state index contributed by atoms with van der Waals surface area (Å²) in [4.78, 5) is 35.9. The van der Waals surface area contributed by atoms with E-state index in [2.05, 4.69) is 0 Å². The molecule has 0 fully saturated rings. The first-order valence-corrected chi connectivity index (χ1v) is 10.7. The number of carboxylic acid groups (broad SMARTS) is 1. The highest BCUT2D eigenvalue weighted by atomic mass is 35.5. The minimum atomic E-state index is -4.98. The average Bonchev–Trinajstić information content (AvgIpc) is 2.78. The van der Waals surface area contributed by atoms with Gasteiger partial charge < -0.3 is 14.6 Å². The molecule has 8 nitrogen and oxygen atoms in total. The molecule has 1 heterocycles. The second-order valence-electron chi connectivity index (χ2n) is 7.43. The van der Waals surface area contributed by atoms with Crippen molar-refractivity contribution in [3.05, 3.63) is 84.4 Å². The highest BCUT2D eigenvalue weighted by molar-refractivity contribution is 6.32. The number of aliphatic carboxylic acids is 1. The van der Waals surface area contributed by atoms with Crippen LogP contribution in [-0.2, 0) is 24.6 Å². The Morgan fingerprint density at radius 2 is 1.75 bits per heavy atom. The first kappa shape index (κ1) is 27.1. The Labute approximate surface area is 209 Å². The molecule has 3 rings (SSSR count). The molecule has 3 aromatic rings. The molecule has 1 aromatic heterocycles. The quantitative estimate of drug-likeness (QED) is 0.437. The number of hydrogen-bond donors (Lipinski definition) is 1. The van der Waals surface area contributed by atoms with Gasteiger partial charge in [0.25, 0.3) is 5.56 Å². The molecule has 1 N–H and O–H groups in total. The summed E-state index contributed by atoms with van der Waals surface area (Å²) in [7, 11) is 0.789. The number of carbonyl (C=O) groups is 1. The van der Waals surface area contributed by atoms with Gasteiger partial charge in [0.15, 0.2) is 6.10 Å².